The van der Waals surface area contributed by atoms with Crippen LogP contribution in [0.25, 0.3) is 88.1 Å². The molecule has 0 spiro atoms. The van der Waals surface area contributed by atoms with Gasteiger partial charge in [0.1, 0.15) is 11.4 Å². The second-order valence-electron chi connectivity index (χ2n) is 12.0. The number of para-hydroxylation sites is 3. The second-order valence-corrected chi connectivity index (χ2v) is 12.0. The molecule has 0 unspecified atom stereocenters. The van der Waals surface area contributed by atoms with Crippen LogP contribution in [0, 0.1) is 12.1 Å². The maximum atomic E-state index is 6.57. The Labute approximate surface area is 293 Å². The van der Waals surface area contributed by atoms with Crippen LogP contribution in [-0.4, -0.2) is 18.9 Å². The van der Waals surface area contributed by atoms with Crippen LogP contribution in [0.3, 0.4) is 0 Å². The van der Waals surface area contributed by atoms with Gasteiger partial charge < -0.3 is 23.1 Å². The third kappa shape index (κ3) is 3.92. The van der Waals surface area contributed by atoms with Gasteiger partial charge in [-0.25, -0.2) is 4.98 Å². The third-order valence-electron chi connectivity index (χ3n) is 9.42. The molecule has 0 bridgehead atoms. The van der Waals surface area contributed by atoms with Crippen LogP contribution in [0.1, 0.15) is 0 Å². The summed E-state index contributed by atoms with van der Waals surface area (Å²) < 4.78 is 17.5. The topological polar surface area (TPSA) is 57.5 Å². The first-order chi connectivity index (χ1) is 23.8. The van der Waals surface area contributed by atoms with Crippen molar-refractivity contribution in [2.75, 3.05) is 0 Å². The SMILES string of the molecule is [Pt+2].[c-]1c(Oc2[c-]c3c(cc2)c2ccccc2n3-c2ccccn2)cccc1-c1nccc2oc3c4cccc5c6ccccc6n(c54)c3c12. The van der Waals surface area contributed by atoms with E-state index in [4.69, 9.17) is 14.1 Å². The van der Waals surface area contributed by atoms with Gasteiger partial charge in [0.25, 0.3) is 0 Å². The minimum Gasteiger partial charge on any atom is -0.503 e. The van der Waals surface area contributed by atoms with E-state index >= 15 is 0 Å². The zero-order valence-electron chi connectivity index (χ0n) is 25.6. The van der Waals surface area contributed by atoms with Gasteiger partial charge in [-0.3, -0.25) is 0 Å². The Kier molecular flexibility index (Phi) is 6.02. The molecule has 0 aliphatic rings. The van der Waals surface area contributed by atoms with E-state index < -0.39 is 0 Å². The minimum absolute atomic E-state index is 0. The number of hydrogen-bond donors (Lipinski definition) is 0. The molecular weight excluding hydrogens is 788 g/mol. The van der Waals surface area contributed by atoms with Crippen molar-refractivity contribution in [1.29, 1.82) is 0 Å². The maximum Gasteiger partial charge on any atom is 2.00 e. The fraction of sp³-hybridized carbons (Fsp3) is 0. The molecule has 6 aromatic heterocycles. The van der Waals surface area contributed by atoms with E-state index in [0.717, 1.165) is 71.9 Å². The van der Waals surface area contributed by atoms with Crippen LogP contribution in [0.15, 0.2) is 138 Å². The number of rotatable bonds is 4. The zero-order chi connectivity index (χ0) is 31.3. The van der Waals surface area contributed by atoms with Crippen LogP contribution in [0.4, 0.5) is 0 Å². The Bertz CT molecular complexity index is 3050. The van der Waals surface area contributed by atoms with E-state index in [1.165, 1.54) is 16.3 Å². The number of hydrogen-bond acceptors (Lipinski definition) is 4. The average Bonchev–Trinajstić information content (AvgIpc) is 3.87. The summed E-state index contributed by atoms with van der Waals surface area (Å²) in [6.07, 6.45) is 3.60. The van der Waals surface area contributed by atoms with E-state index in [0.29, 0.717) is 11.5 Å². The largest absolute Gasteiger partial charge is 2.00 e. The van der Waals surface area contributed by atoms with Crippen molar-refractivity contribution in [3.05, 3.63) is 146 Å². The summed E-state index contributed by atoms with van der Waals surface area (Å²) >= 11 is 0. The zero-order valence-corrected chi connectivity index (χ0v) is 27.9. The molecule has 0 aliphatic carbocycles. The molecule has 232 valence electrons. The van der Waals surface area contributed by atoms with E-state index in [9.17, 15) is 0 Å². The van der Waals surface area contributed by atoms with Crippen LogP contribution >= 0.6 is 0 Å². The fourth-order valence-corrected chi connectivity index (χ4v) is 7.49. The molecule has 11 aromatic rings. The maximum absolute atomic E-state index is 6.57. The molecule has 11 rings (SSSR count). The number of pyridine rings is 2. The molecule has 6 nitrogen and oxygen atoms in total. The van der Waals surface area contributed by atoms with Gasteiger partial charge in [-0.15, -0.1) is 41.3 Å². The Morgan fingerprint density at radius 3 is 2.20 bits per heavy atom. The molecule has 0 amide bonds. The van der Waals surface area contributed by atoms with Gasteiger partial charge in [-0.2, -0.15) is 6.07 Å². The first-order valence-electron chi connectivity index (χ1n) is 15.8. The van der Waals surface area contributed by atoms with Gasteiger partial charge in [0.15, 0.2) is 5.58 Å². The van der Waals surface area contributed by atoms with Crippen LogP contribution in [-0.2, 0) is 21.1 Å². The van der Waals surface area contributed by atoms with Gasteiger partial charge >= 0.3 is 21.1 Å². The summed E-state index contributed by atoms with van der Waals surface area (Å²) in [7, 11) is 0. The van der Waals surface area contributed by atoms with Gasteiger partial charge in [0.2, 0.25) is 0 Å². The summed E-state index contributed by atoms with van der Waals surface area (Å²) in [6, 6.07) is 48.1. The first-order valence-corrected chi connectivity index (χ1v) is 15.8. The number of fused-ring (bicyclic) bond motifs is 11. The van der Waals surface area contributed by atoms with Crippen molar-refractivity contribution in [1.82, 2.24) is 18.9 Å². The molecule has 0 N–H and O–H groups in total. The number of furan rings is 1. The summed E-state index contributed by atoms with van der Waals surface area (Å²) in [6.45, 7) is 0. The molecule has 7 heteroatoms. The molecule has 0 saturated carbocycles. The molecule has 6 heterocycles. The van der Waals surface area contributed by atoms with Gasteiger partial charge in [-0.05, 0) is 41.8 Å². The summed E-state index contributed by atoms with van der Waals surface area (Å²) in [5.41, 5.74) is 8.54. The van der Waals surface area contributed by atoms with Crippen molar-refractivity contribution >= 4 is 71.1 Å². The summed E-state index contributed by atoms with van der Waals surface area (Å²) in [5, 5.41) is 6.70. The number of nitrogens with zero attached hydrogens (tertiary/aromatic N) is 4. The van der Waals surface area contributed by atoms with Crippen molar-refractivity contribution < 1.29 is 30.2 Å². The molecular formula is C42H22N4O2Pt. The molecule has 0 radical (unpaired) electrons. The first kappa shape index (κ1) is 28.1. The number of benzene rings is 5. The Morgan fingerprint density at radius 2 is 1.33 bits per heavy atom. The number of ether oxygens (including phenoxy) is 1. The van der Waals surface area contributed by atoms with Crippen molar-refractivity contribution in [2.45, 2.75) is 0 Å². The Balaban J connectivity index is 0.00000306. The van der Waals surface area contributed by atoms with Gasteiger partial charge in [-0.1, -0.05) is 66.2 Å². The fourth-order valence-electron chi connectivity index (χ4n) is 7.49. The monoisotopic (exact) mass is 809 g/mol. The smallest absolute Gasteiger partial charge is 0.503 e. The van der Waals surface area contributed by atoms with Crippen LogP contribution in [0.5, 0.6) is 11.5 Å². The summed E-state index contributed by atoms with van der Waals surface area (Å²) in [4.78, 5) is 9.54. The predicted octanol–water partition coefficient (Wildman–Crippen LogP) is 10.5. The standard InChI is InChI=1S/C42H22N4O2.Pt/c1-3-15-33-28(11-1)30-19-18-27(24-35(30)45(33)37-17-5-6-21-43-37)47-26-10-7-9-25(23-26)39-38-36(20-22-44-39)48-42-32-14-8-13-31-29-12-2-4-16-34(29)46(40(31)32)41(38)42;/h1-22H;/q-2;+2. The Hall–Kier alpha value is -5.97. The quantitative estimate of drug-likeness (QED) is 0.166. The molecule has 5 aromatic carbocycles. The normalized spacial score (nSPS) is 11.9. The predicted molar refractivity (Wildman–Crippen MR) is 190 cm³/mol. The van der Waals surface area contributed by atoms with Crippen LogP contribution < -0.4 is 4.74 Å². The van der Waals surface area contributed by atoms with Gasteiger partial charge in [0, 0.05) is 56.6 Å². The Morgan fingerprint density at radius 1 is 0.571 bits per heavy atom. The molecule has 0 atom stereocenters. The van der Waals surface area contributed by atoms with Crippen LogP contribution in [0.2, 0.25) is 0 Å². The molecule has 0 saturated heterocycles. The third-order valence-corrected chi connectivity index (χ3v) is 9.42. The minimum atomic E-state index is 0. The van der Waals surface area contributed by atoms with Crippen molar-refractivity contribution in [3.63, 3.8) is 0 Å². The van der Waals surface area contributed by atoms with E-state index in [1.807, 2.05) is 54.6 Å². The van der Waals surface area contributed by atoms with E-state index in [-0.39, 0.29) is 21.1 Å². The molecule has 0 aliphatic heterocycles. The van der Waals surface area contributed by atoms with Crippen molar-refractivity contribution in [3.8, 4) is 28.6 Å². The second kappa shape index (κ2) is 10.5. The summed E-state index contributed by atoms with van der Waals surface area (Å²) in [5.74, 6) is 1.98. The van der Waals surface area contributed by atoms with Gasteiger partial charge in [0.05, 0.1) is 16.6 Å². The average molecular weight is 810 g/mol. The van der Waals surface area contributed by atoms with E-state index in [2.05, 4.69) is 92.8 Å². The van der Waals surface area contributed by atoms with E-state index in [1.54, 1.807) is 12.4 Å². The van der Waals surface area contributed by atoms with Crippen molar-refractivity contribution in [2.24, 2.45) is 0 Å². The number of aromatic nitrogens is 4. The molecule has 49 heavy (non-hydrogen) atoms. The molecule has 0 fully saturated rings.